The fraction of sp³-hybridized carbons (Fsp3) is 0.143. The third-order valence-electron chi connectivity index (χ3n) is 2.70. The van der Waals surface area contributed by atoms with Crippen LogP contribution >= 0.6 is 0 Å². The number of rotatable bonds is 7. The molecule has 0 fully saturated rings. The molecule has 0 radical (unpaired) electrons. The standard InChI is InChI=1S/C14H14N4O7/c19-10-5-12(21)11(20)3-8(10)6-15-24-1-2-25-16-7-9-4-13(22)18-14(23)17-9/h3-7,19-21H,1-2H2,(H2,17,18,22,23)/b15-6+,16-7+. The van der Waals surface area contributed by atoms with Gasteiger partial charge in [-0.25, -0.2) is 4.79 Å². The molecule has 11 heteroatoms. The number of hydrogen-bond acceptors (Lipinski definition) is 9. The average Bonchev–Trinajstić information content (AvgIpc) is 2.53. The Morgan fingerprint density at radius 2 is 1.52 bits per heavy atom. The number of aromatic nitrogens is 2. The molecule has 0 aliphatic rings. The molecular formula is C14H14N4O7. The van der Waals surface area contributed by atoms with Crippen molar-refractivity contribution >= 4 is 12.4 Å². The van der Waals surface area contributed by atoms with Gasteiger partial charge in [-0.3, -0.25) is 9.78 Å². The first-order chi connectivity index (χ1) is 12.0. The topological polar surface area (TPSA) is 170 Å². The summed E-state index contributed by atoms with van der Waals surface area (Å²) in [6, 6.07) is 3.21. The number of nitrogens with one attached hydrogen (secondary N) is 2. The first-order valence-corrected chi connectivity index (χ1v) is 6.85. The second-order valence-corrected chi connectivity index (χ2v) is 4.58. The predicted octanol–water partition coefficient (Wildman–Crippen LogP) is -0.419. The normalized spacial score (nSPS) is 11.2. The Balaban J connectivity index is 1.75. The minimum absolute atomic E-state index is 0.0184. The summed E-state index contributed by atoms with van der Waals surface area (Å²) in [7, 11) is 0. The van der Waals surface area contributed by atoms with E-state index in [0.717, 1.165) is 30.6 Å². The molecule has 1 heterocycles. The number of phenolic OH excluding ortho intramolecular Hbond substituents is 3. The number of benzene rings is 1. The third kappa shape index (κ3) is 5.42. The van der Waals surface area contributed by atoms with Gasteiger partial charge in [0.1, 0.15) is 5.75 Å². The molecule has 0 saturated carbocycles. The molecule has 0 unspecified atom stereocenters. The van der Waals surface area contributed by atoms with Gasteiger partial charge in [0, 0.05) is 17.7 Å². The Hall–Kier alpha value is -3.76. The quantitative estimate of drug-likeness (QED) is 0.148. The molecule has 0 amide bonds. The lowest BCUT2D eigenvalue weighted by Gasteiger charge is -2.02. The highest BCUT2D eigenvalue weighted by Crippen LogP contribution is 2.31. The van der Waals surface area contributed by atoms with Gasteiger partial charge in [-0.2, -0.15) is 0 Å². The molecular weight excluding hydrogens is 336 g/mol. The molecule has 132 valence electrons. The molecule has 0 aliphatic carbocycles. The van der Waals surface area contributed by atoms with Crippen molar-refractivity contribution in [2.45, 2.75) is 0 Å². The number of aromatic hydroxyl groups is 3. The zero-order valence-electron chi connectivity index (χ0n) is 12.7. The second-order valence-electron chi connectivity index (χ2n) is 4.58. The molecule has 25 heavy (non-hydrogen) atoms. The van der Waals surface area contributed by atoms with Crippen molar-refractivity contribution in [3.05, 3.63) is 50.3 Å². The molecule has 0 aliphatic heterocycles. The van der Waals surface area contributed by atoms with E-state index in [2.05, 4.69) is 15.3 Å². The van der Waals surface area contributed by atoms with Gasteiger partial charge in [0.25, 0.3) is 5.56 Å². The summed E-state index contributed by atoms with van der Waals surface area (Å²) in [4.78, 5) is 36.1. The van der Waals surface area contributed by atoms with Gasteiger partial charge < -0.3 is 30.0 Å². The summed E-state index contributed by atoms with van der Waals surface area (Å²) in [5.41, 5.74) is -0.899. The highest BCUT2D eigenvalue weighted by molar-refractivity contribution is 5.84. The molecule has 0 saturated heterocycles. The van der Waals surface area contributed by atoms with E-state index in [1.165, 1.54) is 0 Å². The average molecular weight is 350 g/mol. The minimum Gasteiger partial charge on any atom is -0.507 e. The van der Waals surface area contributed by atoms with Crippen LogP contribution in [0.15, 0.2) is 38.1 Å². The van der Waals surface area contributed by atoms with E-state index in [0.29, 0.717) is 0 Å². The molecule has 1 aromatic heterocycles. The lowest BCUT2D eigenvalue weighted by atomic mass is 10.2. The predicted molar refractivity (Wildman–Crippen MR) is 86.2 cm³/mol. The van der Waals surface area contributed by atoms with Crippen LogP contribution in [0.2, 0.25) is 0 Å². The van der Waals surface area contributed by atoms with Crippen molar-refractivity contribution in [2.75, 3.05) is 13.2 Å². The summed E-state index contributed by atoms with van der Waals surface area (Å²) in [5, 5.41) is 35.1. The second kappa shape index (κ2) is 8.19. The first-order valence-electron chi connectivity index (χ1n) is 6.85. The summed E-state index contributed by atoms with van der Waals surface area (Å²) < 4.78 is 0. The van der Waals surface area contributed by atoms with Crippen molar-refractivity contribution in [1.82, 2.24) is 9.97 Å². The van der Waals surface area contributed by atoms with E-state index in [-0.39, 0.29) is 30.2 Å². The maximum Gasteiger partial charge on any atom is 0.326 e. The lowest BCUT2D eigenvalue weighted by molar-refractivity contribution is 0.0553. The Morgan fingerprint density at radius 3 is 2.20 bits per heavy atom. The monoisotopic (exact) mass is 350 g/mol. The lowest BCUT2D eigenvalue weighted by Crippen LogP contribution is -2.22. The maximum atomic E-state index is 11.0. The van der Waals surface area contributed by atoms with Crippen LogP contribution in [0.5, 0.6) is 17.2 Å². The Labute approximate surface area is 139 Å². The Morgan fingerprint density at radius 1 is 0.880 bits per heavy atom. The zero-order chi connectivity index (χ0) is 18.2. The van der Waals surface area contributed by atoms with Crippen molar-refractivity contribution in [2.24, 2.45) is 10.3 Å². The van der Waals surface area contributed by atoms with Crippen LogP contribution < -0.4 is 11.2 Å². The van der Waals surface area contributed by atoms with Crippen LogP contribution in [0.25, 0.3) is 0 Å². The SMILES string of the molecule is O=c1cc(/C=N/OCCO/N=C/c2cc(O)c(O)cc2O)[nH]c(=O)[nH]1. The number of oxime groups is 2. The number of hydrogen-bond donors (Lipinski definition) is 5. The Kier molecular flexibility index (Phi) is 5.77. The molecule has 2 rings (SSSR count). The van der Waals surface area contributed by atoms with E-state index in [4.69, 9.17) is 9.68 Å². The smallest absolute Gasteiger partial charge is 0.326 e. The van der Waals surface area contributed by atoms with Gasteiger partial charge in [-0.15, -0.1) is 0 Å². The van der Waals surface area contributed by atoms with Crippen LogP contribution in [0, 0.1) is 0 Å². The van der Waals surface area contributed by atoms with E-state index in [1.807, 2.05) is 4.98 Å². The van der Waals surface area contributed by atoms with Gasteiger partial charge in [-0.05, 0) is 6.07 Å². The Bertz CT molecular complexity index is 873. The molecule has 0 spiro atoms. The van der Waals surface area contributed by atoms with E-state index < -0.39 is 22.7 Å². The minimum atomic E-state index is -0.657. The number of phenols is 3. The van der Waals surface area contributed by atoms with Crippen molar-refractivity contribution in [3.8, 4) is 17.2 Å². The van der Waals surface area contributed by atoms with Crippen LogP contribution in [0.3, 0.4) is 0 Å². The van der Waals surface area contributed by atoms with Crippen LogP contribution in [0.4, 0.5) is 0 Å². The summed E-state index contributed by atoms with van der Waals surface area (Å²) in [5.74, 6) is -1.14. The zero-order valence-corrected chi connectivity index (χ0v) is 12.7. The van der Waals surface area contributed by atoms with Gasteiger partial charge in [0.15, 0.2) is 24.7 Å². The van der Waals surface area contributed by atoms with Gasteiger partial charge in [0.05, 0.1) is 18.1 Å². The fourth-order valence-electron chi connectivity index (χ4n) is 1.61. The van der Waals surface area contributed by atoms with E-state index in [1.54, 1.807) is 0 Å². The van der Waals surface area contributed by atoms with Crippen LogP contribution in [-0.4, -0.2) is 50.9 Å². The fourth-order valence-corrected chi connectivity index (χ4v) is 1.61. The molecule has 5 N–H and O–H groups in total. The molecule has 0 bridgehead atoms. The van der Waals surface area contributed by atoms with Crippen LogP contribution in [-0.2, 0) is 9.68 Å². The summed E-state index contributed by atoms with van der Waals surface area (Å²) in [6.07, 6.45) is 2.29. The van der Waals surface area contributed by atoms with E-state index in [9.17, 15) is 24.9 Å². The molecule has 11 nitrogen and oxygen atoms in total. The first kappa shape index (κ1) is 17.6. The summed E-state index contributed by atoms with van der Waals surface area (Å²) >= 11 is 0. The van der Waals surface area contributed by atoms with E-state index >= 15 is 0 Å². The summed E-state index contributed by atoms with van der Waals surface area (Å²) in [6.45, 7) is 0.0403. The largest absolute Gasteiger partial charge is 0.507 e. The number of nitrogens with zero attached hydrogens (tertiary/aromatic N) is 2. The number of H-pyrrole nitrogens is 2. The third-order valence-corrected chi connectivity index (χ3v) is 2.70. The molecule has 1 aromatic carbocycles. The van der Waals surface area contributed by atoms with Crippen LogP contribution in [0.1, 0.15) is 11.3 Å². The molecule has 0 atom stereocenters. The maximum absolute atomic E-state index is 11.0. The van der Waals surface area contributed by atoms with Gasteiger partial charge in [0.2, 0.25) is 0 Å². The van der Waals surface area contributed by atoms with Crippen molar-refractivity contribution < 1.29 is 25.0 Å². The van der Waals surface area contributed by atoms with Gasteiger partial charge >= 0.3 is 5.69 Å². The highest BCUT2D eigenvalue weighted by Gasteiger charge is 2.05. The van der Waals surface area contributed by atoms with Crippen molar-refractivity contribution in [3.63, 3.8) is 0 Å². The van der Waals surface area contributed by atoms with Crippen molar-refractivity contribution in [1.29, 1.82) is 0 Å². The van der Waals surface area contributed by atoms with Gasteiger partial charge in [-0.1, -0.05) is 10.3 Å². The highest BCUT2D eigenvalue weighted by atomic mass is 16.7. The number of aromatic amines is 2. The molecule has 2 aromatic rings.